The van der Waals surface area contributed by atoms with Crippen molar-refractivity contribution in [3.8, 4) is 0 Å². The van der Waals surface area contributed by atoms with E-state index in [4.69, 9.17) is 4.74 Å². The number of aryl methyl sites for hydroxylation is 1. The zero-order valence-electron chi connectivity index (χ0n) is 11.2. The second kappa shape index (κ2) is 6.03. The number of hydrogen-bond acceptors (Lipinski definition) is 5. The lowest BCUT2D eigenvalue weighted by Gasteiger charge is -2.34. The summed E-state index contributed by atoms with van der Waals surface area (Å²) in [6.07, 6.45) is 0.461. The lowest BCUT2D eigenvalue weighted by molar-refractivity contribution is -0.139. The highest BCUT2D eigenvalue weighted by atomic mass is 32.1. The first kappa shape index (κ1) is 13.7. The van der Waals surface area contributed by atoms with Crippen molar-refractivity contribution >= 4 is 28.6 Å². The van der Waals surface area contributed by atoms with Crippen LogP contribution in [-0.2, 0) is 16.0 Å². The van der Waals surface area contributed by atoms with Crippen LogP contribution in [0.3, 0.4) is 0 Å². The molecule has 2 aromatic rings. The molecular formula is C14H16N2O2S2. The van der Waals surface area contributed by atoms with E-state index in [-0.39, 0.29) is 11.9 Å². The molecule has 0 spiro atoms. The summed E-state index contributed by atoms with van der Waals surface area (Å²) in [4.78, 5) is 18.9. The number of thiazole rings is 1. The van der Waals surface area contributed by atoms with E-state index in [2.05, 4.69) is 4.98 Å². The molecule has 1 amide bonds. The molecule has 3 rings (SSSR count). The number of nitrogens with zero attached hydrogens (tertiary/aromatic N) is 2. The topological polar surface area (TPSA) is 42.4 Å². The number of aromatic nitrogens is 1. The molecule has 4 nitrogen and oxygen atoms in total. The number of rotatable bonds is 3. The minimum Gasteiger partial charge on any atom is -0.377 e. The smallest absolute Gasteiger partial charge is 0.227 e. The summed E-state index contributed by atoms with van der Waals surface area (Å²) in [5.41, 5.74) is 2.03. The summed E-state index contributed by atoms with van der Waals surface area (Å²) in [5.74, 6) is 0.155. The maximum absolute atomic E-state index is 12.5. The van der Waals surface area contributed by atoms with E-state index in [1.54, 1.807) is 22.7 Å². The van der Waals surface area contributed by atoms with Gasteiger partial charge in [0.15, 0.2) is 0 Å². The summed E-state index contributed by atoms with van der Waals surface area (Å²) < 4.78 is 5.53. The third kappa shape index (κ3) is 2.92. The summed E-state index contributed by atoms with van der Waals surface area (Å²) in [7, 11) is 0. The van der Waals surface area contributed by atoms with E-state index >= 15 is 0 Å². The molecule has 3 heterocycles. The quantitative estimate of drug-likeness (QED) is 0.875. The van der Waals surface area contributed by atoms with Crippen LogP contribution in [0.2, 0.25) is 0 Å². The van der Waals surface area contributed by atoms with Gasteiger partial charge in [0.25, 0.3) is 0 Å². The van der Waals surface area contributed by atoms with Crippen molar-refractivity contribution in [3.63, 3.8) is 0 Å². The van der Waals surface area contributed by atoms with Gasteiger partial charge in [-0.25, -0.2) is 4.98 Å². The number of morpholine rings is 1. The Bertz CT molecular complexity index is 580. The third-order valence-corrected chi connectivity index (χ3v) is 4.89. The Balaban J connectivity index is 1.76. The van der Waals surface area contributed by atoms with Crippen molar-refractivity contribution in [1.82, 2.24) is 9.88 Å². The first-order valence-electron chi connectivity index (χ1n) is 6.54. The molecule has 106 valence electrons. The molecular weight excluding hydrogens is 292 g/mol. The van der Waals surface area contributed by atoms with Gasteiger partial charge in [0.2, 0.25) is 5.91 Å². The number of ether oxygens (including phenoxy) is 1. The number of carbonyl (C=O) groups is 1. The molecule has 0 saturated carbocycles. The van der Waals surface area contributed by atoms with Gasteiger partial charge in [0.1, 0.15) is 0 Å². The fourth-order valence-corrected chi connectivity index (χ4v) is 3.68. The van der Waals surface area contributed by atoms with Crippen molar-refractivity contribution in [1.29, 1.82) is 0 Å². The summed E-state index contributed by atoms with van der Waals surface area (Å²) >= 11 is 3.24. The number of thiophene rings is 1. The SMILES string of the molecule is Cc1nc([C@@H]2COCCN2C(=O)Cc2ccsc2)cs1. The monoisotopic (exact) mass is 308 g/mol. The van der Waals surface area contributed by atoms with Crippen molar-refractivity contribution in [2.24, 2.45) is 0 Å². The number of amides is 1. The van der Waals surface area contributed by atoms with E-state index in [1.165, 1.54) is 0 Å². The average molecular weight is 308 g/mol. The van der Waals surface area contributed by atoms with E-state index in [0.717, 1.165) is 16.3 Å². The number of hydrogen-bond donors (Lipinski definition) is 0. The molecule has 2 aromatic heterocycles. The largest absolute Gasteiger partial charge is 0.377 e. The van der Waals surface area contributed by atoms with Crippen LogP contribution < -0.4 is 0 Å². The Morgan fingerprint density at radius 3 is 3.15 bits per heavy atom. The van der Waals surface area contributed by atoms with E-state index < -0.39 is 0 Å². The fraction of sp³-hybridized carbons (Fsp3) is 0.429. The van der Waals surface area contributed by atoms with Gasteiger partial charge in [-0.1, -0.05) is 0 Å². The Labute approximate surface area is 126 Å². The molecule has 20 heavy (non-hydrogen) atoms. The predicted molar refractivity (Wildman–Crippen MR) is 80.1 cm³/mol. The minimum absolute atomic E-state index is 0.0418. The normalized spacial score (nSPS) is 19.2. The fourth-order valence-electron chi connectivity index (χ4n) is 2.35. The van der Waals surface area contributed by atoms with E-state index in [1.807, 2.05) is 34.0 Å². The molecule has 1 atom stereocenters. The van der Waals surface area contributed by atoms with Crippen molar-refractivity contribution in [2.75, 3.05) is 19.8 Å². The first-order valence-corrected chi connectivity index (χ1v) is 8.36. The van der Waals surface area contributed by atoms with Gasteiger partial charge >= 0.3 is 0 Å². The molecule has 6 heteroatoms. The standard InChI is InChI=1S/C14H16N2O2S2/c1-10-15-12(9-20-10)13-7-18-4-3-16(13)14(17)6-11-2-5-19-8-11/h2,5,8-9,13H,3-4,6-7H2,1H3/t13-/m0/s1. The molecule has 0 N–H and O–H groups in total. The molecule has 1 saturated heterocycles. The van der Waals surface area contributed by atoms with Crippen LogP contribution in [0.5, 0.6) is 0 Å². The Kier molecular flexibility index (Phi) is 4.14. The zero-order chi connectivity index (χ0) is 13.9. The van der Waals surface area contributed by atoms with Gasteiger partial charge in [0, 0.05) is 11.9 Å². The van der Waals surface area contributed by atoms with Crippen LogP contribution in [0, 0.1) is 6.92 Å². The molecule has 0 bridgehead atoms. The van der Waals surface area contributed by atoms with Crippen molar-refractivity contribution in [3.05, 3.63) is 38.5 Å². The highest BCUT2D eigenvalue weighted by molar-refractivity contribution is 7.09. The Hall–Kier alpha value is -1.24. The maximum atomic E-state index is 12.5. The van der Waals surface area contributed by atoms with E-state index in [0.29, 0.717) is 26.2 Å². The van der Waals surface area contributed by atoms with Crippen LogP contribution in [0.15, 0.2) is 22.2 Å². The van der Waals surface area contributed by atoms with Gasteiger partial charge in [-0.3, -0.25) is 4.79 Å². The van der Waals surface area contributed by atoms with Crippen molar-refractivity contribution in [2.45, 2.75) is 19.4 Å². The van der Waals surface area contributed by atoms with Crippen molar-refractivity contribution < 1.29 is 9.53 Å². The van der Waals surface area contributed by atoms with Gasteiger partial charge in [-0.05, 0) is 29.3 Å². The Morgan fingerprint density at radius 1 is 1.55 bits per heavy atom. The minimum atomic E-state index is -0.0418. The lowest BCUT2D eigenvalue weighted by atomic mass is 10.1. The van der Waals surface area contributed by atoms with Crippen LogP contribution in [0.25, 0.3) is 0 Å². The maximum Gasteiger partial charge on any atom is 0.227 e. The van der Waals surface area contributed by atoms with Gasteiger partial charge < -0.3 is 9.64 Å². The first-order chi connectivity index (χ1) is 9.74. The second-order valence-corrected chi connectivity index (χ2v) is 6.62. The molecule has 0 unspecified atom stereocenters. The second-order valence-electron chi connectivity index (χ2n) is 4.78. The highest BCUT2D eigenvalue weighted by Crippen LogP contribution is 2.26. The summed E-state index contributed by atoms with van der Waals surface area (Å²) in [5, 5.41) is 7.08. The highest BCUT2D eigenvalue weighted by Gasteiger charge is 2.30. The Morgan fingerprint density at radius 2 is 2.45 bits per heavy atom. The van der Waals surface area contributed by atoms with Crippen LogP contribution in [0.4, 0.5) is 0 Å². The summed E-state index contributed by atoms with van der Waals surface area (Å²) in [6.45, 7) is 3.77. The summed E-state index contributed by atoms with van der Waals surface area (Å²) in [6, 6.07) is 1.96. The van der Waals surface area contributed by atoms with Gasteiger partial charge in [-0.2, -0.15) is 11.3 Å². The molecule has 1 aliphatic rings. The molecule has 0 aromatic carbocycles. The number of carbonyl (C=O) groups excluding carboxylic acids is 1. The zero-order valence-corrected chi connectivity index (χ0v) is 12.9. The lowest BCUT2D eigenvalue weighted by Crippen LogP contribution is -2.44. The van der Waals surface area contributed by atoms with Crippen LogP contribution in [0.1, 0.15) is 22.3 Å². The van der Waals surface area contributed by atoms with Crippen LogP contribution in [-0.4, -0.2) is 35.5 Å². The van der Waals surface area contributed by atoms with Crippen LogP contribution >= 0.6 is 22.7 Å². The molecule has 0 radical (unpaired) electrons. The van der Waals surface area contributed by atoms with E-state index in [9.17, 15) is 4.79 Å². The average Bonchev–Trinajstić information content (AvgIpc) is 3.10. The molecule has 1 fully saturated rings. The van der Waals surface area contributed by atoms with Gasteiger partial charge in [-0.15, -0.1) is 11.3 Å². The molecule has 0 aliphatic carbocycles. The third-order valence-electron chi connectivity index (χ3n) is 3.36. The predicted octanol–water partition coefficient (Wildman–Crippen LogP) is 2.66. The van der Waals surface area contributed by atoms with Gasteiger partial charge in [0.05, 0.1) is 36.4 Å². The molecule has 1 aliphatic heterocycles.